The second-order valence-corrected chi connectivity index (χ2v) is 6.23. The summed E-state index contributed by atoms with van der Waals surface area (Å²) in [6.07, 6.45) is 0. The molecule has 4 aromatic rings. The molecule has 0 bridgehead atoms. The van der Waals surface area contributed by atoms with Gasteiger partial charge >= 0.3 is 0 Å². The highest BCUT2D eigenvalue weighted by molar-refractivity contribution is 5.94. The highest BCUT2D eigenvalue weighted by atomic mass is 16.3. The molecule has 128 valence electrons. The quantitative estimate of drug-likeness (QED) is 0.583. The molecule has 1 aromatic heterocycles. The fraction of sp³-hybridized carbons (Fsp3) is 0.0909. The predicted octanol–water partition coefficient (Wildman–Crippen LogP) is 4.73. The standard InChI is InChI=1S/C22H18N2O2/c1-15-6-10-17(11-7-15)21(25)23-14-16-8-12-18(13-9-16)22-24-19-4-2-3-5-20(19)26-22/h2-13H,14H2,1H3,(H,23,25). The third-order valence-corrected chi connectivity index (χ3v) is 4.26. The Morgan fingerprint density at radius 3 is 2.42 bits per heavy atom. The molecular formula is C22H18N2O2. The van der Waals surface area contributed by atoms with Gasteiger partial charge in [0.2, 0.25) is 5.89 Å². The fourth-order valence-corrected chi connectivity index (χ4v) is 2.75. The molecule has 1 N–H and O–H groups in total. The Morgan fingerprint density at radius 2 is 1.69 bits per heavy atom. The molecule has 1 amide bonds. The van der Waals surface area contributed by atoms with E-state index in [1.54, 1.807) is 0 Å². The van der Waals surface area contributed by atoms with Gasteiger partial charge in [-0.3, -0.25) is 4.79 Å². The van der Waals surface area contributed by atoms with Gasteiger partial charge in [0.05, 0.1) is 0 Å². The zero-order valence-corrected chi connectivity index (χ0v) is 14.4. The normalized spacial score (nSPS) is 10.8. The molecule has 0 atom stereocenters. The molecule has 0 aliphatic heterocycles. The van der Waals surface area contributed by atoms with Crippen LogP contribution in [-0.2, 0) is 6.54 Å². The number of nitrogens with zero attached hydrogens (tertiary/aromatic N) is 1. The van der Waals surface area contributed by atoms with E-state index in [2.05, 4.69) is 10.3 Å². The molecule has 0 unspecified atom stereocenters. The van der Waals surface area contributed by atoms with Crippen LogP contribution in [0, 0.1) is 6.92 Å². The van der Waals surface area contributed by atoms with Crippen LogP contribution < -0.4 is 5.32 Å². The van der Waals surface area contributed by atoms with Crippen molar-refractivity contribution in [3.8, 4) is 11.5 Å². The molecule has 0 aliphatic carbocycles. The summed E-state index contributed by atoms with van der Waals surface area (Å²) in [7, 11) is 0. The number of nitrogens with one attached hydrogen (secondary N) is 1. The van der Waals surface area contributed by atoms with Crippen LogP contribution >= 0.6 is 0 Å². The summed E-state index contributed by atoms with van der Waals surface area (Å²) in [6, 6.07) is 23.1. The molecule has 1 heterocycles. The maximum absolute atomic E-state index is 12.2. The van der Waals surface area contributed by atoms with Gasteiger partial charge in [-0.1, -0.05) is 42.0 Å². The Bertz CT molecular complexity index is 1010. The largest absolute Gasteiger partial charge is 0.436 e. The number of rotatable bonds is 4. The Morgan fingerprint density at radius 1 is 0.962 bits per heavy atom. The van der Waals surface area contributed by atoms with Gasteiger partial charge in [0.15, 0.2) is 5.58 Å². The van der Waals surface area contributed by atoms with Crippen molar-refractivity contribution >= 4 is 17.0 Å². The Hall–Kier alpha value is -3.40. The van der Waals surface area contributed by atoms with Crippen LogP contribution in [-0.4, -0.2) is 10.9 Å². The van der Waals surface area contributed by atoms with Gasteiger partial charge < -0.3 is 9.73 Å². The Balaban J connectivity index is 1.44. The summed E-state index contributed by atoms with van der Waals surface area (Å²) in [5, 5.41) is 2.94. The van der Waals surface area contributed by atoms with E-state index in [0.717, 1.165) is 27.8 Å². The lowest BCUT2D eigenvalue weighted by Gasteiger charge is -2.06. The van der Waals surface area contributed by atoms with Crippen molar-refractivity contribution in [2.45, 2.75) is 13.5 Å². The molecule has 0 saturated carbocycles. The number of para-hydroxylation sites is 2. The van der Waals surface area contributed by atoms with E-state index in [4.69, 9.17) is 4.42 Å². The summed E-state index contributed by atoms with van der Waals surface area (Å²) in [5.41, 5.74) is 5.35. The lowest BCUT2D eigenvalue weighted by molar-refractivity contribution is 0.0951. The van der Waals surface area contributed by atoms with Crippen molar-refractivity contribution in [3.05, 3.63) is 89.5 Å². The minimum absolute atomic E-state index is 0.0759. The molecule has 0 aliphatic rings. The number of fused-ring (bicyclic) bond motifs is 1. The zero-order chi connectivity index (χ0) is 17.9. The van der Waals surface area contributed by atoms with E-state index in [9.17, 15) is 4.79 Å². The van der Waals surface area contributed by atoms with E-state index in [1.165, 1.54) is 0 Å². The number of amides is 1. The van der Waals surface area contributed by atoms with Crippen molar-refractivity contribution in [2.24, 2.45) is 0 Å². The molecule has 4 rings (SSSR count). The Kier molecular flexibility index (Phi) is 4.23. The summed E-state index contributed by atoms with van der Waals surface area (Å²) < 4.78 is 5.78. The molecule has 4 nitrogen and oxygen atoms in total. The maximum Gasteiger partial charge on any atom is 0.251 e. The second kappa shape index (κ2) is 6.84. The first kappa shape index (κ1) is 16.1. The molecule has 4 heteroatoms. The third kappa shape index (κ3) is 3.35. The van der Waals surface area contributed by atoms with Crippen molar-refractivity contribution in [1.82, 2.24) is 10.3 Å². The molecule has 0 saturated heterocycles. The highest BCUT2D eigenvalue weighted by Crippen LogP contribution is 2.24. The maximum atomic E-state index is 12.2. The number of hydrogen-bond donors (Lipinski definition) is 1. The average Bonchev–Trinajstić information content (AvgIpc) is 3.11. The fourth-order valence-electron chi connectivity index (χ4n) is 2.75. The topological polar surface area (TPSA) is 55.1 Å². The van der Waals surface area contributed by atoms with Crippen molar-refractivity contribution in [1.29, 1.82) is 0 Å². The average molecular weight is 342 g/mol. The van der Waals surface area contributed by atoms with E-state index in [0.29, 0.717) is 18.0 Å². The van der Waals surface area contributed by atoms with Crippen LogP contribution in [0.3, 0.4) is 0 Å². The summed E-state index contributed by atoms with van der Waals surface area (Å²) in [4.78, 5) is 16.7. The first-order valence-corrected chi connectivity index (χ1v) is 8.49. The number of benzene rings is 3. The van der Waals surface area contributed by atoms with E-state index in [1.807, 2.05) is 79.7 Å². The van der Waals surface area contributed by atoms with Gasteiger partial charge in [0.1, 0.15) is 5.52 Å². The van der Waals surface area contributed by atoms with Crippen LogP contribution in [0.4, 0.5) is 0 Å². The molecular weight excluding hydrogens is 324 g/mol. The van der Waals surface area contributed by atoms with Gasteiger partial charge in [-0.05, 0) is 48.9 Å². The number of aromatic nitrogens is 1. The van der Waals surface area contributed by atoms with Crippen LogP contribution in [0.2, 0.25) is 0 Å². The SMILES string of the molecule is Cc1ccc(C(=O)NCc2ccc(-c3nc4ccccc4o3)cc2)cc1. The van der Waals surface area contributed by atoms with Gasteiger partial charge in [-0.2, -0.15) is 0 Å². The highest BCUT2D eigenvalue weighted by Gasteiger charge is 2.08. The summed E-state index contributed by atoms with van der Waals surface area (Å²) in [6.45, 7) is 2.47. The van der Waals surface area contributed by atoms with Gasteiger partial charge in [0, 0.05) is 17.7 Å². The van der Waals surface area contributed by atoms with Crippen molar-refractivity contribution in [3.63, 3.8) is 0 Å². The monoisotopic (exact) mass is 342 g/mol. The molecule has 3 aromatic carbocycles. The number of aryl methyl sites for hydroxylation is 1. The molecule has 0 radical (unpaired) electrons. The van der Waals surface area contributed by atoms with Crippen LogP contribution in [0.15, 0.2) is 77.2 Å². The number of oxazole rings is 1. The summed E-state index contributed by atoms with van der Waals surface area (Å²) >= 11 is 0. The van der Waals surface area contributed by atoms with Crippen molar-refractivity contribution in [2.75, 3.05) is 0 Å². The van der Waals surface area contributed by atoms with E-state index >= 15 is 0 Å². The Labute approximate surface area is 151 Å². The second-order valence-electron chi connectivity index (χ2n) is 6.23. The minimum atomic E-state index is -0.0759. The van der Waals surface area contributed by atoms with Crippen molar-refractivity contribution < 1.29 is 9.21 Å². The molecule has 26 heavy (non-hydrogen) atoms. The molecule has 0 fully saturated rings. The van der Waals surface area contributed by atoms with Crippen LogP contribution in [0.5, 0.6) is 0 Å². The van der Waals surface area contributed by atoms with Gasteiger partial charge in [-0.25, -0.2) is 4.98 Å². The number of carbonyl (C=O) groups is 1. The van der Waals surface area contributed by atoms with Crippen LogP contribution in [0.1, 0.15) is 21.5 Å². The lowest BCUT2D eigenvalue weighted by atomic mass is 10.1. The summed E-state index contributed by atoms with van der Waals surface area (Å²) in [5.74, 6) is 0.523. The van der Waals surface area contributed by atoms with Gasteiger partial charge in [-0.15, -0.1) is 0 Å². The first-order valence-electron chi connectivity index (χ1n) is 8.49. The number of carbonyl (C=O) groups excluding carboxylic acids is 1. The third-order valence-electron chi connectivity index (χ3n) is 4.26. The van der Waals surface area contributed by atoms with Gasteiger partial charge in [0.25, 0.3) is 5.91 Å². The van der Waals surface area contributed by atoms with E-state index < -0.39 is 0 Å². The zero-order valence-electron chi connectivity index (χ0n) is 14.4. The lowest BCUT2D eigenvalue weighted by Crippen LogP contribution is -2.22. The number of hydrogen-bond acceptors (Lipinski definition) is 3. The minimum Gasteiger partial charge on any atom is -0.436 e. The molecule has 0 spiro atoms. The predicted molar refractivity (Wildman–Crippen MR) is 102 cm³/mol. The van der Waals surface area contributed by atoms with E-state index in [-0.39, 0.29) is 5.91 Å². The smallest absolute Gasteiger partial charge is 0.251 e. The first-order chi connectivity index (χ1) is 12.7. The van der Waals surface area contributed by atoms with Crippen LogP contribution in [0.25, 0.3) is 22.6 Å².